The van der Waals surface area contributed by atoms with E-state index < -0.39 is 5.60 Å². The lowest BCUT2D eigenvalue weighted by Crippen LogP contribution is -2.64. The molecule has 1 fully saturated rings. The smallest absolute Gasteiger partial charge is 0.254 e. The first-order valence-electron chi connectivity index (χ1n) is 10.3. The number of rotatable bonds is 2. The molecule has 1 aliphatic carbocycles. The number of aliphatic hydroxyl groups is 1. The van der Waals surface area contributed by atoms with E-state index in [2.05, 4.69) is 49.9 Å². The summed E-state index contributed by atoms with van der Waals surface area (Å²) in [5.74, 6) is 0.0746. The van der Waals surface area contributed by atoms with Gasteiger partial charge in [0.2, 0.25) is 0 Å². The minimum atomic E-state index is -0.959. The number of fused-ring (bicyclic) bond motifs is 4. The molecule has 0 spiro atoms. The van der Waals surface area contributed by atoms with Crippen molar-refractivity contribution in [2.45, 2.75) is 64.5 Å². The van der Waals surface area contributed by atoms with Gasteiger partial charge in [0.15, 0.2) is 0 Å². The fourth-order valence-corrected chi connectivity index (χ4v) is 5.31. The third kappa shape index (κ3) is 2.71. The largest absolute Gasteiger partial charge is 0.386 e. The summed E-state index contributed by atoms with van der Waals surface area (Å²) in [6, 6.07) is 16.4. The summed E-state index contributed by atoms with van der Waals surface area (Å²) < 4.78 is 0. The highest BCUT2D eigenvalue weighted by Gasteiger charge is 2.56. The molecule has 3 heteroatoms. The van der Waals surface area contributed by atoms with Crippen LogP contribution in [0, 0.1) is 5.41 Å². The molecule has 2 aromatic carbocycles. The van der Waals surface area contributed by atoms with Crippen LogP contribution in [0.3, 0.4) is 0 Å². The normalized spacial score (nSPS) is 25.9. The molecular formula is C25H31NO2. The standard InChI is InChI=1S/C25H31NO2/c1-23(2)21-16-17-9-6-7-12-20(17)25(23,5)13-14-26(21)22(27)18-10-8-11-19(15-18)24(3,4)28/h6-12,15,21,28H,13-14,16H2,1-5H3/t21-,25+/m1/s1. The van der Waals surface area contributed by atoms with Gasteiger partial charge in [-0.1, -0.05) is 57.2 Å². The Balaban J connectivity index is 1.73. The Hall–Kier alpha value is -2.13. The van der Waals surface area contributed by atoms with Gasteiger partial charge < -0.3 is 10.0 Å². The number of nitrogens with zero attached hydrogens (tertiary/aromatic N) is 1. The van der Waals surface area contributed by atoms with Gasteiger partial charge in [0.25, 0.3) is 5.91 Å². The van der Waals surface area contributed by atoms with E-state index in [1.807, 2.05) is 24.3 Å². The lowest BCUT2D eigenvalue weighted by Gasteiger charge is -2.60. The van der Waals surface area contributed by atoms with Crippen molar-refractivity contribution >= 4 is 5.91 Å². The molecule has 0 radical (unpaired) electrons. The van der Waals surface area contributed by atoms with Crippen LogP contribution < -0.4 is 0 Å². The van der Waals surface area contributed by atoms with Crippen LogP contribution in [0.4, 0.5) is 0 Å². The Labute approximate surface area is 168 Å². The maximum Gasteiger partial charge on any atom is 0.254 e. The Morgan fingerprint density at radius 3 is 2.54 bits per heavy atom. The van der Waals surface area contributed by atoms with Crippen molar-refractivity contribution in [3.63, 3.8) is 0 Å². The lowest BCUT2D eigenvalue weighted by molar-refractivity contribution is -0.0262. The maximum absolute atomic E-state index is 13.5. The molecule has 1 saturated heterocycles. The van der Waals surface area contributed by atoms with E-state index in [9.17, 15) is 9.90 Å². The first-order valence-corrected chi connectivity index (χ1v) is 10.3. The number of amides is 1. The summed E-state index contributed by atoms with van der Waals surface area (Å²) in [5.41, 5.74) is 3.36. The highest BCUT2D eigenvalue weighted by atomic mass is 16.3. The van der Waals surface area contributed by atoms with Crippen molar-refractivity contribution in [2.75, 3.05) is 6.54 Å². The molecule has 1 heterocycles. The van der Waals surface area contributed by atoms with Gasteiger partial charge in [-0.3, -0.25) is 4.79 Å². The van der Waals surface area contributed by atoms with E-state index >= 15 is 0 Å². The van der Waals surface area contributed by atoms with E-state index in [1.165, 1.54) is 11.1 Å². The van der Waals surface area contributed by atoms with E-state index in [1.54, 1.807) is 13.8 Å². The maximum atomic E-state index is 13.5. The second kappa shape index (κ2) is 6.18. The SMILES string of the molecule is CC(C)(O)c1cccc(C(=O)N2CC[C@@]3(C)c4ccccc4C[C@@H]2C3(C)C)c1. The zero-order chi connectivity index (χ0) is 20.3. The molecule has 0 unspecified atom stereocenters. The van der Waals surface area contributed by atoms with Crippen molar-refractivity contribution in [2.24, 2.45) is 5.41 Å². The van der Waals surface area contributed by atoms with Crippen LogP contribution in [0.1, 0.15) is 68.1 Å². The number of hydrogen-bond acceptors (Lipinski definition) is 2. The average molecular weight is 378 g/mol. The van der Waals surface area contributed by atoms with E-state index in [0.29, 0.717) is 5.56 Å². The Morgan fingerprint density at radius 1 is 1.11 bits per heavy atom. The third-order valence-electron chi connectivity index (χ3n) is 7.59. The number of benzene rings is 2. The number of hydrogen-bond donors (Lipinski definition) is 1. The minimum Gasteiger partial charge on any atom is -0.386 e. The Morgan fingerprint density at radius 2 is 1.82 bits per heavy atom. The molecule has 0 saturated carbocycles. The topological polar surface area (TPSA) is 40.5 Å². The number of likely N-dealkylation sites (tertiary alicyclic amines) is 1. The molecule has 4 rings (SSSR count). The van der Waals surface area contributed by atoms with Gasteiger partial charge in [0.1, 0.15) is 0 Å². The van der Waals surface area contributed by atoms with Gasteiger partial charge in [0.05, 0.1) is 5.60 Å². The van der Waals surface area contributed by atoms with Gasteiger partial charge in [-0.15, -0.1) is 0 Å². The van der Waals surface area contributed by atoms with Crippen molar-refractivity contribution in [3.05, 3.63) is 70.8 Å². The first-order chi connectivity index (χ1) is 13.1. The molecule has 3 nitrogen and oxygen atoms in total. The molecule has 2 atom stereocenters. The van der Waals surface area contributed by atoms with Crippen LogP contribution in [0.25, 0.3) is 0 Å². The molecule has 1 aliphatic heterocycles. The Bertz CT molecular complexity index is 924. The van der Waals surface area contributed by atoms with Crippen LogP contribution in [0.15, 0.2) is 48.5 Å². The summed E-state index contributed by atoms with van der Waals surface area (Å²) in [5, 5.41) is 10.3. The predicted octanol–water partition coefficient (Wildman–Crippen LogP) is 4.67. The second-order valence-electron chi connectivity index (χ2n) is 9.82. The molecule has 0 aromatic heterocycles. The Kier molecular flexibility index (Phi) is 4.24. The molecule has 28 heavy (non-hydrogen) atoms. The van der Waals surface area contributed by atoms with Gasteiger partial charge in [-0.25, -0.2) is 0 Å². The summed E-state index contributed by atoms with van der Waals surface area (Å²) in [6.07, 6.45) is 1.86. The second-order valence-corrected chi connectivity index (χ2v) is 9.82. The molecule has 1 N–H and O–H groups in total. The van der Waals surface area contributed by atoms with E-state index in [0.717, 1.165) is 24.9 Å². The van der Waals surface area contributed by atoms with Gasteiger partial charge >= 0.3 is 0 Å². The van der Waals surface area contributed by atoms with Crippen LogP contribution >= 0.6 is 0 Å². The monoisotopic (exact) mass is 377 g/mol. The zero-order valence-electron chi connectivity index (χ0n) is 17.6. The molecule has 1 amide bonds. The van der Waals surface area contributed by atoms with E-state index in [4.69, 9.17) is 0 Å². The number of carbonyl (C=O) groups excluding carboxylic acids is 1. The van der Waals surface area contributed by atoms with Crippen molar-refractivity contribution in [3.8, 4) is 0 Å². The van der Waals surface area contributed by atoms with Crippen molar-refractivity contribution < 1.29 is 9.90 Å². The molecule has 148 valence electrons. The minimum absolute atomic E-state index is 0.0108. The van der Waals surface area contributed by atoms with Gasteiger partial charge in [-0.2, -0.15) is 0 Å². The number of carbonyl (C=O) groups is 1. The van der Waals surface area contributed by atoms with Crippen LogP contribution in [-0.4, -0.2) is 28.5 Å². The molecular weight excluding hydrogens is 346 g/mol. The fourth-order valence-electron chi connectivity index (χ4n) is 5.31. The van der Waals surface area contributed by atoms with Crippen LogP contribution in [0.5, 0.6) is 0 Å². The molecule has 2 aromatic rings. The quantitative estimate of drug-likeness (QED) is 0.826. The summed E-state index contributed by atoms with van der Waals surface area (Å²) >= 11 is 0. The van der Waals surface area contributed by atoms with Crippen molar-refractivity contribution in [1.82, 2.24) is 4.90 Å². The van der Waals surface area contributed by atoms with Crippen LogP contribution in [0.2, 0.25) is 0 Å². The summed E-state index contributed by atoms with van der Waals surface area (Å²) in [7, 11) is 0. The third-order valence-corrected chi connectivity index (χ3v) is 7.59. The summed E-state index contributed by atoms with van der Waals surface area (Å²) in [6.45, 7) is 11.3. The fraction of sp³-hybridized carbons (Fsp3) is 0.480. The predicted molar refractivity (Wildman–Crippen MR) is 112 cm³/mol. The number of piperidine rings is 1. The lowest BCUT2D eigenvalue weighted by atomic mass is 9.51. The highest BCUT2D eigenvalue weighted by molar-refractivity contribution is 5.95. The first kappa shape index (κ1) is 19.2. The highest BCUT2D eigenvalue weighted by Crippen LogP contribution is 2.56. The van der Waals surface area contributed by atoms with Crippen LogP contribution in [-0.2, 0) is 17.4 Å². The van der Waals surface area contributed by atoms with Gasteiger partial charge in [-0.05, 0) is 60.9 Å². The van der Waals surface area contributed by atoms with E-state index in [-0.39, 0.29) is 22.8 Å². The van der Waals surface area contributed by atoms with Gasteiger partial charge in [0, 0.05) is 23.6 Å². The average Bonchev–Trinajstić information content (AvgIpc) is 2.64. The molecule has 2 bridgehead atoms. The van der Waals surface area contributed by atoms with Crippen molar-refractivity contribution in [1.29, 1.82) is 0 Å². The zero-order valence-corrected chi connectivity index (χ0v) is 17.6. The molecule has 2 aliphatic rings. The summed E-state index contributed by atoms with van der Waals surface area (Å²) in [4.78, 5) is 15.6.